The number of halogens is 3. The summed E-state index contributed by atoms with van der Waals surface area (Å²) in [6, 6.07) is 3.98. The van der Waals surface area contributed by atoms with Gasteiger partial charge in [0.15, 0.2) is 0 Å². The van der Waals surface area contributed by atoms with Crippen molar-refractivity contribution in [2.24, 2.45) is 5.92 Å². The largest absolute Gasteiger partial charge is 0.426 e. The quantitative estimate of drug-likeness (QED) is 0.465. The number of fused-ring (bicyclic) bond motifs is 1. The number of rotatable bonds is 2. The predicted octanol–water partition coefficient (Wildman–Crippen LogP) is 4.30. The number of esters is 1. The lowest BCUT2D eigenvalue weighted by atomic mass is 9.89. The smallest absolute Gasteiger partial charge is 0.417 e. The fourth-order valence-corrected chi connectivity index (χ4v) is 2.98. The van der Waals surface area contributed by atoms with Crippen molar-refractivity contribution in [2.45, 2.75) is 38.3 Å². The highest BCUT2D eigenvalue weighted by Gasteiger charge is 2.34. The van der Waals surface area contributed by atoms with Crippen molar-refractivity contribution in [1.29, 1.82) is 0 Å². The molecular weight excluding hydrogens is 325 g/mol. The molecule has 4 nitrogen and oxygen atoms in total. The third-order valence-corrected chi connectivity index (χ3v) is 4.18. The Labute approximate surface area is 135 Å². The van der Waals surface area contributed by atoms with E-state index >= 15 is 0 Å². The van der Waals surface area contributed by atoms with E-state index in [0.717, 1.165) is 44.2 Å². The first-order valence-electron chi connectivity index (χ1n) is 7.71. The van der Waals surface area contributed by atoms with Crippen LogP contribution in [0.25, 0.3) is 11.0 Å². The SMILES string of the molecule is O=C(Oc1ccc2c(C(F)(F)F)cc(=O)oc2c1)C1CCCCC1. The van der Waals surface area contributed by atoms with Crippen molar-refractivity contribution < 1.29 is 27.1 Å². The third kappa shape index (κ3) is 3.44. The van der Waals surface area contributed by atoms with Gasteiger partial charge in [-0.05, 0) is 25.0 Å². The van der Waals surface area contributed by atoms with Crippen molar-refractivity contribution in [3.63, 3.8) is 0 Å². The number of benzene rings is 1. The Morgan fingerprint density at radius 1 is 1.12 bits per heavy atom. The summed E-state index contributed by atoms with van der Waals surface area (Å²) in [5, 5.41) is -0.250. The maximum Gasteiger partial charge on any atom is 0.417 e. The Kier molecular flexibility index (Phi) is 4.34. The Morgan fingerprint density at radius 3 is 2.50 bits per heavy atom. The van der Waals surface area contributed by atoms with E-state index in [1.54, 1.807) is 0 Å². The number of carbonyl (C=O) groups is 1. The van der Waals surface area contributed by atoms with Crippen molar-refractivity contribution >= 4 is 16.9 Å². The minimum absolute atomic E-state index is 0.0700. The number of carbonyl (C=O) groups excluding carboxylic acids is 1. The van der Waals surface area contributed by atoms with E-state index in [0.29, 0.717) is 6.07 Å². The standard InChI is InChI=1S/C17H15F3O4/c18-17(19,20)13-9-15(21)24-14-8-11(6-7-12(13)14)23-16(22)10-4-2-1-3-5-10/h6-10H,1-5H2. The van der Waals surface area contributed by atoms with Gasteiger partial charge in [-0.25, -0.2) is 4.79 Å². The summed E-state index contributed by atoms with van der Waals surface area (Å²) in [5.41, 5.74) is -2.44. The molecule has 3 rings (SSSR count). The Hall–Kier alpha value is -2.31. The van der Waals surface area contributed by atoms with Crippen LogP contribution in [0.2, 0.25) is 0 Å². The van der Waals surface area contributed by atoms with Crippen LogP contribution in [0.1, 0.15) is 37.7 Å². The number of hydrogen-bond donors (Lipinski definition) is 0. The highest BCUT2D eigenvalue weighted by Crippen LogP contribution is 2.35. The molecule has 7 heteroatoms. The van der Waals surface area contributed by atoms with Crippen LogP contribution < -0.4 is 10.4 Å². The topological polar surface area (TPSA) is 56.5 Å². The summed E-state index contributed by atoms with van der Waals surface area (Å²) in [6.07, 6.45) is -0.165. The van der Waals surface area contributed by atoms with E-state index < -0.39 is 23.3 Å². The highest BCUT2D eigenvalue weighted by molar-refractivity contribution is 5.83. The fraction of sp³-hybridized carbons (Fsp3) is 0.412. The summed E-state index contributed by atoms with van der Waals surface area (Å²) in [5.74, 6) is -0.521. The van der Waals surface area contributed by atoms with Crippen LogP contribution in [0.5, 0.6) is 5.75 Å². The van der Waals surface area contributed by atoms with Gasteiger partial charge in [0.05, 0.1) is 11.5 Å². The molecule has 0 atom stereocenters. The molecule has 128 valence electrons. The van der Waals surface area contributed by atoms with Gasteiger partial charge in [0.2, 0.25) is 0 Å². The molecule has 0 bridgehead atoms. The molecule has 1 saturated carbocycles. The lowest BCUT2D eigenvalue weighted by Crippen LogP contribution is -2.22. The second-order valence-electron chi connectivity index (χ2n) is 5.89. The number of alkyl halides is 3. The second kappa shape index (κ2) is 6.30. The molecule has 0 saturated heterocycles. The van der Waals surface area contributed by atoms with Crippen LogP contribution >= 0.6 is 0 Å². The summed E-state index contributed by atoms with van der Waals surface area (Å²) in [6.45, 7) is 0. The zero-order chi connectivity index (χ0) is 17.3. The summed E-state index contributed by atoms with van der Waals surface area (Å²) in [7, 11) is 0. The Morgan fingerprint density at radius 2 is 1.83 bits per heavy atom. The molecule has 1 aromatic heterocycles. The minimum atomic E-state index is -4.67. The normalized spacial score (nSPS) is 16.3. The Bertz CT molecular complexity index is 817. The monoisotopic (exact) mass is 340 g/mol. The number of hydrogen-bond acceptors (Lipinski definition) is 4. The molecule has 1 aliphatic carbocycles. The Balaban J connectivity index is 1.91. The second-order valence-corrected chi connectivity index (χ2v) is 5.89. The molecule has 1 heterocycles. The lowest BCUT2D eigenvalue weighted by molar-refractivity contribution is -0.140. The van der Waals surface area contributed by atoms with E-state index in [4.69, 9.17) is 9.15 Å². The van der Waals surface area contributed by atoms with E-state index in [-0.39, 0.29) is 22.6 Å². The summed E-state index contributed by atoms with van der Waals surface area (Å²) < 4.78 is 49.0. The average molecular weight is 340 g/mol. The van der Waals surface area contributed by atoms with Crippen molar-refractivity contribution in [1.82, 2.24) is 0 Å². The molecule has 0 amide bonds. The molecule has 0 spiro atoms. The maximum absolute atomic E-state index is 13.0. The molecular formula is C17H15F3O4. The van der Waals surface area contributed by atoms with Crippen molar-refractivity contribution in [3.05, 3.63) is 40.2 Å². The van der Waals surface area contributed by atoms with Crippen LogP contribution in [0.15, 0.2) is 33.5 Å². The van der Waals surface area contributed by atoms with Crippen LogP contribution in [0.3, 0.4) is 0 Å². The van der Waals surface area contributed by atoms with Gasteiger partial charge in [-0.1, -0.05) is 19.3 Å². The van der Waals surface area contributed by atoms with E-state index in [9.17, 15) is 22.8 Å². The molecule has 2 aromatic rings. The van der Waals surface area contributed by atoms with Crippen LogP contribution in [-0.4, -0.2) is 5.97 Å². The molecule has 24 heavy (non-hydrogen) atoms. The van der Waals surface area contributed by atoms with Crippen molar-refractivity contribution in [2.75, 3.05) is 0 Å². The van der Waals surface area contributed by atoms with Gasteiger partial charge in [0.25, 0.3) is 0 Å². The molecule has 1 aliphatic rings. The first-order chi connectivity index (χ1) is 11.3. The molecule has 0 aliphatic heterocycles. The van der Waals surface area contributed by atoms with Gasteiger partial charge in [-0.15, -0.1) is 0 Å². The molecule has 0 radical (unpaired) electrons. The van der Waals surface area contributed by atoms with Crippen LogP contribution in [0, 0.1) is 5.92 Å². The maximum atomic E-state index is 13.0. The van der Waals surface area contributed by atoms with Gasteiger partial charge < -0.3 is 9.15 Å². The van der Waals surface area contributed by atoms with Crippen LogP contribution in [0.4, 0.5) is 13.2 Å². The molecule has 1 aromatic carbocycles. The highest BCUT2D eigenvalue weighted by atomic mass is 19.4. The van der Waals surface area contributed by atoms with Gasteiger partial charge in [-0.3, -0.25) is 4.79 Å². The first kappa shape index (κ1) is 16.5. The molecule has 0 N–H and O–H groups in total. The fourth-order valence-electron chi connectivity index (χ4n) is 2.98. The number of ether oxygens (including phenoxy) is 1. The zero-order valence-electron chi connectivity index (χ0n) is 12.7. The van der Waals surface area contributed by atoms with Gasteiger partial charge >= 0.3 is 17.8 Å². The van der Waals surface area contributed by atoms with Crippen molar-refractivity contribution in [3.8, 4) is 5.75 Å². The first-order valence-corrected chi connectivity index (χ1v) is 7.71. The van der Waals surface area contributed by atoms with Gasteiger partial charge in [-0.2, -0.15) is 13.2 Å². The van der Waals surface area contributed by atoms with Crippen LogP contribution in [-0.2, 0) is 11.0 Å². The predicted molar refractivity (Wildman–Crippen MR) is 79.7 cm³/mol. The summed E-state index contributed by atoms with van der Waals surface area (Å²) in [4.78, 5) is 23.5. The molecule has 1 fully saturated rings. The third-order valence-electron chi connectivity index (χ3n) is 4.18. The summed E-state index contributed by atoms with van der Waals surface area (Å²) >= 11 is 0. The van der Waals surface area contributed by atoms with Gasteiger partial charge in [0, 0.05) is 17.5 Å². The van der Waals surface area contributed by atoms with E-state index in [1.807, 2.05) is 0 Å². The average Bonchev–Trinajstić information content (AvgIpc) is 2.53. The van der Waals surface area contributed by atoms with E-state index in [2.05, 4.69) is 0 Å². The van der Waals surface area contributed by atoms with Gasteiger partial charge in [0.1, 0.15) is 11.3 Å². The zero-order valence-corrected chi connectivity index (χ0v) is 12.7. The van der Waals surface area contributed by atoms with E-state index in [1.165, 1.54) is 6.07 Å². The molecule has 0 unspecified atom stereocenters. The minimum Gasteiger partial charge on any atom is -0.426 e. The lowest BCUT2D eigenvalue weighted by Gasteiger charge is -2.19.